The Labute approximate surface area is 170 Å². The Morgan fingerprint density at radius 2 is 1.62 bits per heavy atom. The second kappa shape index (κ2) is 8.57. The summed E-state index contributed by atoms with van der Waals surface area (Å²) >= 11 is 0. The van der Waals surface area contributed by atoms with Crippen LogP contribution in [0.5, 0.6) is 0 Å². The van der Waals surface area contributed by atoms with E-state index < -0.39 is 12.0 Å². The molecule has 0 aliphatic carbocycles. The SMILES string of the molecule is Cc1nnc2n1CC(C(=O)O)N(CC(Cc1ccccc1)Cc1ccccc1)C2. The van der Waals surface area contributed by atoms with Crippen molar-refractivity contribution in [3.05, 3.63) is 83.4 Å². The average Bonchev–Trinajstić information content (AvgIpc) is 3.08. The molecule has 29 heavy (non-hydrogen) atoms. The van der Waals surface area contributed by atoms with E-state index in [9.17, 15) is 9.90 Å². The predicted octanol–water partition coefficient (Wildman–Crippen LogP) is 2.96. The molecule has 0 saturated carbocycles. The van der Waals surface area contributed by atoms with Crippen molar-refractivity contribution >= 4 is 5.97 Å². The highest BCUT2D eigenvalue weighted by Crippen LogP contribution is 2.23. The van der Waals surface area contributed by atoms with Crippen LogP contribution in [0.4, 0.5) is 0 Å². The molecule has 0 amide bonds. The zero-order chi connectivity index (χ0) is 20.2. The molecule has 1 unspecified atom stereocenters. The van der Waals surface area contributed by atoms with Crippen LogP contribution in [-0.4, -0.2) is 43.3 Å². The van der Waals surface area contributed by atoms with Crippen LogP contribution in [0.25, 0.3) is 0 Å². The first-order chi connectivity index (χ1) is 14.1. The minimum absolute atomic E-state index is 0.303. The van der Waals surface area contributed by atoms with Crippen molar-refractivity contribution in [1.29, 1.82) is 0 Å². The van der Waals surface area contributed by atoms with Crippen LogP contribution < -0.4 is 0 Å². The summed E-state index contributed by atoms with van der Waals surface area (Å²) < 4.78 is 1.93. The van der Waals surface area contributed by atoms with Crippen molar-refractivity contribution in [2.45, 2.75) is 38.9 Å². The van der Waals surface area contributed by atoms with Crippen LogP contribution in [0, 0.1) is 12.8 Å². The van der Waals surface area contributed by atoms with Gasteiger partial charge in [-0.15, -0.1) is 10.2 Å². The van der Waals surface area contributed by atoms with E-state index in [4.69, 9.17) is 0 Å². The van der Waals surface area contributed by atoms with Crippen LogP contribution in [0.3, 0.4) is 0 Å². The second-order valence-corrected chi connectivity index (χ2v) is 7.80. The molecule has 6 nitrogen and oxygen atoms in total. The van der Waals surface area contributed by atoms with Gasteiger partial charge in [0, 0.05) is 6.54 Å². The fourth-order valence-corrected chi connectivity index (χ4v) is 4.21. The van der Waals surface area contributed by atoms with Gasteiger partial charge in [0.05, 0.1) is 13.1 Å². The number of carboxylic acids is 1. The number of aryl methyl sites for hydroxylation is 1. The lowest BCUT2D eigenvalue weighted by Crippen LogP contribution is -2.50. The summed E-state index contributed by atoms with van der Waals surface area (Å²) in [5, 5.41) is 18.2. The normalized spacial score (nSPS) is 16.7. The van der Waals surface area contributed by atoms with Gasteiger partial charge in [-0.1, -0.05) is 60.7 Å². The number of hydrogen-bond donors (Lipinski definition) is 1. The Morgan fingerprint density at radius 3 is 2.17 bits per heavy atom. The molecule has 0 fully saturated rings. The third-order valence-corrected chi connectivity index (χ3v) is 5.67. The van der Waals surface area contributed by atoms with Gasteiger partial charge < -0.3 is 9.67 Å². The fraction of sp³-hybridized carbons (Fsp3) is 0.348. The number of hydrogen-bond acceptors (Lipinski definition) is 4. The lowest BCUT2D eigenvalue weighted by atomic mass is 9.91. The van der Waals surface area contributed by atoms with E-state index >= 15 is 0 Å². The number of benzene rings is 2. The van der Waals surface area contributed by atoms with Gasteiger partial charge in [-0.2, -0.15) is 0 Å². The molecular formula is C23H26N4O2. The number of carboxylic acid groups (broad SMARTS) is 1. The van der Waals surface area contributed by atoms with Crippen LogP contribution in [0.2, 0.25) is 0 Å². The van der Waals surface area contributed by atoms with Gasteiger partial charge in [0.15, 0.2) is 0 Å². The van der Waals surface area contributed by atoms with E-state index in [1.807, 2.05) is 23.6 Å². The summed E-state index contributed by atoms with van der Waals surface area (Å²) in [5.41, 5.74) is 2.55. The van der Waals surface area contributed by atoms with Crippen molar-refractivity contribution in [2.24, 2.45) is 5.92 Å². The maximum absolute atomic E-state index is 12.0. The van der Waals surface area contributed by atoms with Gasteiger partial charge in [-0.25, -0.2) is 0 Å². The third kappa shape index (κ3) is 4.54. The predicted molar refractivity (Wildman–Crippen MR) is 110 cm³/mol. The first-order valence-electron chi connectivity index (χ1n) is 10.0. The van der Waals surface area contributed by atoms with Gasteiger partial charge in [0.2, 0.25) is 0 Å². The molecule has 6 heteroatoms. The number of aromatic nitrogens is 3. The molecule has 1 aromatic heterocycles. The van der Waals surface area contributed by atoms with Crippen molar-refractivity contribution in [3.63, 3.8) is 0 Å². The molecular weight excluding hydrogens is 364 g/mol. The topological polar surface area (TPSA) is 71.2 Å². The molecule has 0 saturated heterocycles. The molecule has 4 rings (SSSR count). The fourth-order valence-electron chi connectivity index (χ4n) is 4.21. The van der Waals surface area contributed by atoms with Crippen LogP contribution in [0.1, 0.15) is 22.8 Å². The first-order valence-corrected chi connectivity index (χ1v) is 10.0. The maximum atomic E-state index is 12.0. The largest absolute Gasteiger partial charge is 0.480 e. The molecule has 2 aromatic carbocycles. The smallest absolute Gasteiger partial charge is 0.322 e. The second-order valence-electron chi connectivity index (χ2n) is 7.80. The van der Waals surface area contributed by atoms with Crippen molar-refractivity contribution in [2.75, 3.05) is 6.54 Å². The quantitative estimate of drug-likeness (QED) is 0.672. The third-order valence-electron chi connectivity index (χ3n) is 5.67. The Kier molecular flexibility index (Phi) is 5.71. The summed E-state index contributed by atoms with van der Waals surface area (Å²) in [4.78, 5) is 14.1. The van der Waals surface area contributed by atoms with Gasteiger partial charge in [-0.05, 0) is 36.8 Å². The number of aliphatic carboxylic acids is 1. The average molecular weight is 390 g/mol. The Bertz CT molecular complexity index is 914. The monoisotopic (exact) mass is 390 g/mol. The Balaban J connectivity index is 1.57. The van der Waals surface area contributed by atoms with Gasteiger partial charge in [0.25, 0.3) is 0 Å². The molecule has 0 radical (unpaired) electrons. The summed E-state index contributed by atoms with van der Waals surface area (Å²) in [5.74, 6) is 1.13. The van der Waals surface area contributed by atoms with E-state index in [1.54, 1.807) is 0 Å². The standard InChI is InChI=1S/C23H26N4O2/c1-17-24-25-22-16-26(21(23(28)29)15-27(17)22)14-20(12-18-8-4-2-5-9-18)13-19-10-6-3-7-11-19/h2-11,20-21H,12-16H2,1H3,(H,28,29). The van der Waals surface area contributed by atoms with Gasteiger partial charge in [-0.3, -0.25) is 9.69 Å². The van der Waals surface area contributed by atoms with E-state index in [0.717, 1.165) is 24.5 Å². The highest BCUT2D eigenvalue weighted by Gasteiger charge is 2.34. The Morgan fingerprint density at radius 1 is 1.03 bits per heavy atom. The molecule has 2 heterocycles. The van der Waals surface area contributed by atoms with Crippen molar-refractivity contribution < 1.29 is 9.90 Å². The minimum atomic E-state index is -0.790. The lowest BCUT2D eigenvalue weighted by molar-refractivity contribution is -0.145. The molecule has 1 aliphatic rings. The number of carbonyl (C=O) groups is 1. The van der Waals surface area contributed by atoms with Crippen LogP contribution in [0.15, 0.2) is 60.7 Å². The molecule has 0 bridgehead atoms. The van der Waals surface area contributed by atoms with Crippen molar-refractivity contribution in [3.8, 4) is 0 Å². The lowest BCUT2D eigenvalue weighted by Gasteiger charge is -2.36. The summed E-state index contributed by atoms with van der Waals surface area (Å²) in [7, 11) is 0. The van der Waals surface area contributed by atoms with Gasteiger partial charge in [0.1, 0.15) is 17.7 Å². The zero-order valence-corrected chi connectivity index (χ0v) is 16.6. The highest BCUT2D eigenvalue weighted by atomic mass is 16.4. The zero-order valence-electron chi connectivity index (χ0n) is 16.6. The van der Waals surface area contributed by atoms with E-state index in [1.165, 1.54) is 11.1 Å². The van der Waals surface area contributed by atoms with Gasteiger partial charge >= 0.3 is 5.97 Å². The molecule has 1 N–H and O–H groups in total. The van der Waals surface area contributed by atoms with E-state index in [0.29, 0.717) is 25.6 Å². The number of fused-ring (bicyclic) bond motifs is 1. The van der Waals surface area contributed by atoms with Crippen LogP contribution in [-0.2, 0) is 30.7 Å². The van der Waals surface area contributed by atoms with E-state index in [2.05, 4.69) is 63.6 Å². The molecule has 3 aromatic rings. The number of rotatable bonds is 7. The molecule has 1 aliphatic heterocycles. The van der Waals surface area contributed by atoms with E-state index in [-0.39, 0.29) is 0 Å². The summed E-state index contributed by atoms with van der Waals surface area (Å²) in [6.45, 7) is 3.48. The number of nitrogens with zero attached hydrogens (tertiary/aromatic N) is 4. The molecule has 150 valence electrons. The maximum Gasteiger partial charge on any atom is 0.322 e. The summed E-state index contributed by atoms with van der Waals surface area (Å²) in [6.07, 6.45) is 1.81. The first kappa shape index (κ1) is 19.3. The molecule has 1 atom stereocenters. The van der Waals surface area contributed by atoms with Crippen molar-refractivity contribution in [1.82, 2.24) is 19.7 Å². The molecule has 0 spiro atoms. The minimum Gasteiger partial charge on any atom is -0.480 e. The summed E-state index contributed by atoms with van der Waals surface area (Å²) in [6, 6.07) is 20.3. The van der Waals surface area contributed by atoms with Crippen LogP contribution >= 0.6 is 0 Å². The Hall–Kier alpha value is -2.99. The highest BCUT2D eigenvalue weighted by molar-refractivity contribution is 5.73.